The van der Waals surface area contributed by atoms with Gasteiger partial charge in [-0.3, -0.25) is 0 Å². The molecule has 1 heterocycles. The van der Waals surface area contributed by atoms with E-state index in [1.807, 2.05) is 18.2 Å². The summed E-state index contributed by atoms with van der Waals surface area (Å²) < 4.78 is 11.0. The molecule has 0 unspecified atom stereocenters. The van der Waals surface area contributed by atoms with Crippen LogP contribution in [0.5, 0.6) is 11.5 Å². The molecule has 1 saturated carbocycles. The number of rotatable bonds is 4. The number of nitrogens with one attached hydrogen (secondary N) is 2. The number of benzene rings is 1. The van der Waals surface area contributed by atoms with Crippen molar-refractivity contribution in [1.29, 1.82) is 0 Å². The Morgan fingerprint density at radius 1 is 1.16 bits per heavy atom. The molecule has 1 aromatic carbocycles. The zero-order valence-electron chi connectivity index (χ0n) is 10.8. The Labute approximate surface area is 112 Å². The lowest BCUT2D eigenvalue weighted by Crippen LogP contribution is -2.36. The van der Waals surface area contributed by atoms with Crippen molar-refractivity contribution in [1.82, 2.24) is 10.6 Å². The van der Waals surface area contributed by atoms with E-state index in [0.717, 1.165) is 23.6 Å². The van der Waals surface area contributed by atoms with Gasteiger partial charge in [0.2, 0.25) is 0 Å². The first-order valence-corrected chi connectivity index (χ1v) is 6.71. The third kappa shape index (κ3) is 3.30. The number of fused-ring (bicyclic) bond motifs is 1. The third-order valence-electron chi connectivity index (χ3n) is 3.31. The Morgan fingerprint density at radius 2 is 1.95 bits per heavy atom. The van der Waals surface area contributed by atoms with Crippen molar-refractivity contribution < 1.29 is 14.3 Å². The minimum absolute atomic E-state index is 0.109. The van der Waals surface area contributed by atoms with Crippen LogP contribution in [0.4, 0.5) is 4.79 Å². The highest BCUT2D eigenvalue weighted by Crippen LogP contribution is 2.30. The van der Waals surface area contributed by atoms with Crippen molar-refractivity contribution in [2.24, 2.45) is 5.92 Å². The van der Waals surface area contributed by atoms with Gasteiger partial charge in [-0.15, -0.1) is 0 Å². The van der Waals surface area contributed by atoms with Gasteiger partial charge < -0.3 is 20.1 Å². The number of carbonyl (C=O) groups is 1. The maximum absolute atomic E-state index is 11.6. The first kappa shape index (κ1) is 12.1. The van der Waals surface area contributed by atoms with Gasteiger partial charge in [0.25, 0.3) is 0 Å². The summed E-state index contributed by atoms with van der Waals surface area (Å²) in [6.45, 7) is 2.44. The molecule has 1 aliphatic carbocycles. The summed E-state index contributed by atoms with van der Waals surface area (Å²) in [6.07, 6.45) is 2.48. The number of ether oxygens (including phenoxy) is 2. The summed E-state index contributed by atoms with van der Waals surface area (Å²) in [7, 11) is 0. The Hall–Kier alpha value is -1.91. The van der Waals surface area contributed by atoms with Crippen LogP contribution in [0, 0.1) is 5.92 Å². The largest absolute Gasteiger partial charge is 0.486 e. The zero-order chi connectivity index (χ0) is 13.1. The SMILES string of the molecule is O=C(NCc1ccc2c(c1)OCCO2)NCC1CC1. The Balaban J connectivity index is 1.50. The van der Waals surface area contributed by atoms with Crippen LogP contribution < -0.4 is 20.1 Å². The number of hydrogen-bond acceptors (Lipinski definition) is 3. The quantitative estimate of drug-likeness (QED) is 0.867. The molecule has 102 valence electrons. The molecule has 0 radical (unpaired) electrons. The highest BCUT2D eigenvalue weighted by Gasteiger charge is 2.21. The summed E-state index contributed by atoms with van der Waals surface area (Å²) in [5.41, 5.74) is 1.01. The van der Waals surface area contributed by atoms with E-state index in [9.17, 15) is 4.79 Å². The van der Waals surface area contributed by atoms with E-state index >= 15 is 0 Å². The normalized spacial score (nSPS) is 16.8. The number of amides is 2. The zero-order valence-corrected chi connectivity index (χ0v) is 10.8. The Bertz CT molecular complexity index is 472. The number of hydrogen-bond donors (Lipinski definition) is 2. The number of urea groups is 1. The van der Waals surface area contributed by atoms with E-state index in [2.05, 4.69) is 10.6 Å². The van der Waals surface area contributed by atoms with Crippen molar-refractivity contribution in [2.75, 3.05) is 19.8 Å². The molecule has 1 fully saturated rings. The van der Waals surface area contributed by atoms with Crippen LogP contribution in [-0.4, -0.2) is 25.8 Å². The van der Waals surface area contributed by atoms with Gasteiger partial charge >= 0.3 is 6.03 Å². The van der Waals surface area contributed by atoms with Crippen LogP contribution in [0.2, 0.25) is 0 Å². The fraction of sp³-hybridized carbons (Fsp3) is 0.500. The van der Waals surface area contributed by atoms with Gasteiger partial charge in [-0.05, 0) is 36.5 Å². The van der Waals surface area contributed by atoms with E-state index in [1.54, 1.807) is 0 Å². The molecular formula is C14H18N2O3. The van der Waals surface area contributed by atoms with Crippen LogP contribution in [0.1, 0.15) is 18.4 Å². The molecule has 5 nitrogen and oxygen atoms in total. The lowest BCUT2D eigenvalue weighted by Gasteiger charge is -2.19. The monoisotopic (exact) mass is 262 g/mol. The second-order valence-electron chi connectivity index (χ2n) is 4.98. The van der Waals surface area contributed by atoms with Crippen molar-refractivity contribution >= 4 is 6.03 Å². The van der Waals surface area contributed by atoms with E-state index in [0.29, 0.717) is 25.7 Å². The van der Waals surface area contributed by atoms with Crippen LogP contribution in [0.15, 0.2) is 18.2 Å². The molecule has 0 spiro atoms. The predicted molar refractivity (Wildman–Crippen MR) is 70.4 cm³/mol. The van der Waals surface area contributed by atoms with Gasteiger partial charge in [0.15, 0.2) is 11.5 Å². The summed E-state index contributed by atoms with van der Waals surface area (Å²) in [5, 5.41) is 5.71. The molecule has 1 aromatic rings. The van der Waals surface area contributed by atoms with E-state index in [-0.39, 0.29) is 6.03 Å². The standard InChI is InChI=1S/C14H18N2O3/c17-14(15-8-10-1-2-10)16-9-11-3-4-12-13(7-11)19-6-5-18-12/h3-4,7,10H,1-2,5-6,8-9H2,(H2,15,16,17). The molecule has 19 heavy (non-hydrogen) atoms. The van der Waals surface area contributed by atoms with E-state index in [4.69, 9.17) is 9.47 Å². The molecule has 0 atom stereocenters. The van der Waals surface area contributed by atoms with Crippen LogP contribution in [-0.2, 0) is 6.54 Å². The minimum Gasteiger partial charge on any atom is -0.486 e. The van der Waals surface area contributed by atoms with Crippen molar-refractivity contribution in [3.63, 3.8) is 0 Å². The highest BCUT2D eigenvalue weighted by atomic mass is 16.6. The van der Waals surface area contributed by atoms with Gasteiger partial charge in [-0.25, -0.2) is 4.79 Å². The average Bonchev–Trinajstić information content (AvgIpc) is 3.27. The smallest absolute Gasteiger partial charge is 0.315 e. The second kappa shape index (κ2) is 5.38. The molecule has 2 N–H and O–H groups in total. The first-order chi connectivity index (χ1) is 9.31. The first-order valence-electron chi connectivity index (χ1n) is 6.71. The summed E-state index contributed by atoms with van der Waals surface area (Å²) in [6, 6.07) is 5.62. The molecule has 0 aromatic heterocycles. The molecular weight excluding hydrogens is 244 g/mol. The fourth-order valence-electron chi connectivity index (χ4n) is 2.00. The lowest BCUT2D eigenvalue weighted by molar-refractivity contribution is 0.171. The topological polar surface area (TPSA) is 59.6 Å². The molecule has 0 saturated heterocycles. The second-order valence-corrected chi connectivity index (χ2v) is 4.98. The molecule has 0 bridgehead atoms. The molecule has 5 heteroatoms. The van der Waals surface area contributed by atoms with Gasteiger partial charge in [-0.1, -0.05) is 6.07 Å². The highest BCUT2D eigenvalue weighted by molar-refractivity contribution is 5.73. The summed E-state index contributed by atoms with van der Waals surface area (Å²) in [5.74, 6) is 2.22. The van der Waals surface area contributed by atoms with Gasteiger partial charge in [0.1, 0.15) is 13.2 Å². The summed E-state index contributed by atoms with van der Waals surface area (Å²) >= 11 is 0. The maximum Gasteiger partial charge on any atom is 0.315 e. The molecule has 1 aliphatic heterocycles. The number of carbonyl (C=O) groups excluding carboxylic acids is 1. The minimum atomic E-state index is -0.109. The lowest BCUT2D eigenvalue weighted by atomic mass is 10.2. The van der Waals surface area contributed by atoms with E-state index in [1.165, 1.54) is 12.8 Å². The van der Waals surface area contributed by atoms with Crippen molar-refractivity contribution in [3.05, 3.63) is 23.8 Å². The van der Waals surface area contributed by atoms with Gasteiger partial charge in [-0.2, -0.15) is 0 Å². The Morgan fingerprint density at radius 3 is 2.74 bits per heavy atom. The fourth-order valence-corrected chi connectivity index (χ4v) is 2.00. The van der Waals surface area contributed by atoms with Crippen molar-refractivity contribution in [3.8, 4) is 11.5 Å². The van der Waals surface area contributed by atoms with Crippen molar-refractivity contribution in [2.45, 2.75) is 19.4 Å². The Kier molecular flexibility index (Phi) is 3.44. The van der Waals surface area contributed by atoms with Gasteiger partial charge in [0, 0.05) is 13.1 Å². The maximum atomic E-state index is 11.6. The molecule has 2 aliphatic rings. The van der Waals surface area contributed by atoms with Crippen LogP contribution in [0.3, 0.4) is 0 Å². The molecule has 3 rings (SSSR count). The van der Waals surface area contributed by atoms with Gasteiger partial charge in [0.05, 0.1) is 0 Å². The molecule has 2 amide bonds. The predicted octanol–water partition coefficient (Wildman–Crippen LogP) is 1.67. The van der Waals surface area contributed by atoms with Crippen LogP contribution >= 0.6 is 0 Å². The summed E-state index contributed by atoms with van der Waals surface area (Å²) in [4.78, 5) is 11.6. The third-order valence-corrected chi connectivity index (χ3v) is 3.31. The average molecular weight is 262 g/mol. The van der Waals surface area contributed by atoms with E-state index < -0.39 is 0 Å². The van der Waals surface area contributed by atoms with Crippen LogP contribution in [0.25, 0.3) is 0 Å².